The summed E-state index contributed by atoms with van der Waals surface area (Å²) in [5.41, 5.74) is 0. The van der Waals surface area contributed by atoms with E-state index >= 15 is 0 Å². The quantitative estimate of drug-likeness (QED) is 0.624. The summed E-state index contributed by atoms with van der Waals surface area (Å²) in [5, 5.41) is 16.0. The molecule has 2 rings (SSSR count). The molecular weight excluding hydrogens is 192 g/mol. The first-order chi connectivity index (χ1) is 7.25. The third-order valence-corrected chi connectivity index (χ3v) is 3.44. The maximum absolute atomic E-state index is 11.0. The second-order valence-electron chi connectivity index (χ2n) is 4.67. The predicted molar refractivity (Wildman–Crippen MR) is 57.4 cm³/mol. The van der Waals surface area contributed by atoms with Crippen molar-refractivity contribution in [2.75, 3.05) is 6.54 Å². The molecule has 3 atom stereocenters. The van der Waals surface area contributed by atoms with Gasteiger partial charge in [0, 0.05) is 25.0 Å². The number of amides is 1. The van der Waals surface area contributed by atoms with Crippen molar-refractivity contribution in [3.8, 4) is 0 Å². The lowest BCUT2D eigenvalue weighted by Crippen LogP contribution is -2.47. The van der Waals surface area contributed by atoms with E-state index in [2.05, 4.69) is 10.6 Å². The molecule has 0 aromatic rings. The van der Waals surface area contributed by atoms with E-state index in [0.29, 0.717) is 6.42 Å². The van der Waals surface area contributed by atoms with E-state index in [9.17, 15) is 9.90 Å². The Bertz CT molecular complexity index is 233. The number of carbonyl (C=O) groups excluding carboxylic acids is 1. The molecule has 1 aliphatic heterocycles. The molecule has 2 aliphatic rings. The average Bonchev–Trinajstić information content (AvgIpc) is 2.63. The number of carbonyl (C=O) groups is 1. The number of nitrogens with one attached hydrogen (secondary N) is 2. The molecule has 1 amide bonds. The lowest BCUT2D eigenvalue weighted by molar-refractivity contribution is -0.119. The summed E-state index contributed by atoms with van der Waals surface area (Å²) in [5.74, 6) is 0.158. The highest BCUT2D eigenvalue weighted by molar-refractivity contribution is 5.78. The van der Waals surface area contributed by atoms with E-state index in [1.807, 2.05) is 0 Å². The summed E-state index contributed by atoms with van der Waals surface area (Å²) >= 11 is 0. The van der Waals surface area contributed by atoms with Gasteiger partial charge in [-0.05, 0) is 19.3 Å². The van der Waals surface area contributed by atoms with Gasteiger partial charge in [-0.25, -0.2) is 0 Å². The van der Waals surface area contributed by atoms with Gasteiger partial charge in [0.1, 0.15) is 0 Å². The van der Waals surface area contributed by atoms with Gasteiger partial charge >= 0.3 is 0 Å². The lowest BCUT2D eigenvalue weighted by Gasteiger charge is -2.29. The molecule has 0 radical (unpaired) electrons. The van der Waals surface area contributed by atoms with Gasteiger partial charge in [0.15, 0.2) is 0 Å². The fraction of sp³-hybridized carbons (Fsp3) is 0.909. The minimum atomic E-state index is -0.198. The van der Waals surface area contributed by atoms with E-state index in [1.54, 1.807) is 0 Å². The van der Waals surface area contributed by atoms with E-state index in [-0.39, 0.29) is 24.1 Å². The number of rotatable bonds is 3. The number of aliphatic hydroxyl groups excluding tert-OH is 1. The van der Waals surface area contributed by atoms with Crippen molar-refractivity contribution in [3.05, 3.63) is 0 Å². The van der Waals surface area contributed by atoms with Gasteiger partial charge in [0.2, 0.25) is 5.91 Å². The van der Waals surface area contributed by atoms with Crippen LogP contribution in [0.25, 0.3) is 0 Å². The van der Waals surface area contributed by atoms with Crippen LogP contribution in [0.5, 0.6) is 0 Å². The standard InChI is InChI=1S/C11H20N2O2/c14-10-4-2-1-3-9(10)12-7-8-5-6-11(15)13-8/h8-10,12,14H,1-7H2,(H,13,15)/t8?,9-,10-/m0/s1. The molecule has 0 aromatic heterocycles. The molecule has 1 unspecified atom stereocenters. The van der Waals surface area contributed by atoms with Crippen LogP contribution in [0.15, 0.2) is 0 Å². The molecule has 0 bridgehead atoms. The summed E-state index contributed by atoms with van der Waals surface area (Å²) in [4.78, 5) is 11.0. The largest absolute Gasteiger partial charge is 0.392 e. The third kappa shape index (κ3) is 2.92. The molecule has 86 valence electrons. The lowest BCUT2D eigenvalue weighted by atomic mass is 9.92. The summed E-state index contributed by atoms with van der Waals surface area (Å²) in [6.07, 6.45) is 5.69. The first-order valence-corrected chi connectivity index (χ1v) is 5.96. The third-order valence-electron chi connectivity index (χ3n) is 3.44. The Kier molecular flexibility index (Phi) is 3.59. The van der Waals surface area contributed by atoms with Gasteiger partial charge < -0.3 is 15.7 Å². The maximum Gasteiger partial charge on any atom is 0.220 e. The Morgan fingerprint density at radius 1 is 1.33 bits per heavy atom. The fourth-order valence-corrected chi connectivity index (χ4v) is 2.47. The van der Waals surface area contributed by atoms with Crippen molar-refractivity contribution < 1.29 is 9.90 Å². The summed E-state index contributed by atoms with van der Waals surface area (Å²) in [6, 6.07) is 0.503. The Labute approximate surface area is 90.4 Å². The van der Waals surface area contributed by atoms with Crippen molar-refractivity contribution in [3.63, 3.8) is 0 Å². The zero-order valence-corrected chi connectivity index (χ0v) is 9.04. The molecule has 1 saturated heterocycles. The molecular formula is C11H20N2O2. The molecule has 15 heavy (non-hydrogen) atoms. The van der Waals surface area contributed by atoms with Crippen LogP contribution in [0.1, 0.15) is 38.5 Å². The molecule has 2 fully saturated rings. The fourth-order valence-electron chi connectivity index (χ4n) is 2.47. The van der Waals surface area contributed by atoms with Crippen LogP contribution >= 0.6 is 0 Å². The first kappa shape index (κ1) is 10.9. The van der Waals surface area contributed by atoms with Gasteiger partial charge in [0.05, 0.1) is 6.10 Å². The van der Waals surface area contributed by atoms with Gasteiger partial charge in [-0.15, -0.1) is 0 Å². The Morgan fingerprint density at radius 2 is 2.13 bits per heavy atom. The molecule has 0 aromatic carbocycles. The summed E-state index contributed by atoms with van der Waals surface area (Å²) in [6.45, 7) is 0.799. The van der Waals surface area contributed by atoms with Gasteiger partial charge in [0.25, 0.3) is 0 Å². The zero-order valence-electron chi connectivity index (χ0n) is 9.04. The first-order valence-electron chi connectivity index (χ1n) is 5.96. The molecule has 1 aliphatic carbocycles. The van der Waals surface area contributed by atoms with Crippen LogP contribution in [0.2, 0.25) is 0 Å². The second kappa shape index (κ2) is 4.94. The van der Waals surface area contributed by atoms with Crippen molar-refractivity contribution in [2.45, 2.75) is 56.7 Å². The molecule has 1 heterocycles. The van der Waals surface area contributed by atoms with Crippen LogP contribution in [-0.2, 0) is 4.79 Å². The zero-order chi connectivity index (χ0) is 10.7. The number of aliphatic hydroxyl groups is 1. The Balaban J connectivity index is 1.70. The van der Waals surface area contributed by atoms with Crippen LogP contribution < -0.4 is 10.6 Å². The second-order valence-corrected chi connectivity index (χ2v) is 4.67. The smallest absolute Gasteiger partial charge is 0.220 e. The van der Waals surface area contributed by atoms with Crippen molar-refractivity contribution in [2.24, 2.45) is 0 Å². The Morgan fingerprint density at radius 3 is 2.80 bits per heavy atom. The summed E-state index contributed by atoms with van der Waals surface area (Å²) < 4.78 is 0. The highest BCUT2D eigenvalue weighted by atomic mass is 16.3. The van der Waals surface area contributed by atoms with E-state index < -0.39 is 0 Å². The van der Waals surface area contributed by atoms with Gasteiger partial charge in [-0.3, -0.25) is 4.79 Å². The predicted octanol–water partition coefficient (Wildman–Crippen LogP) is 0.158. The minimum Gasteiger partial charge on any atom is -0.392 e. The number of hydrogen-bond acceptors (Lipinski definition) is 3. The van der Waals surface area contributed by atoms with Crippen molar-refractivity contribution in [1.29, 1.82) is 0 Å². The Hall–Kier alpha value is -0.610. The SMILES string of the molecule is O=C1CCC(CN[C@H]2CCCC[C@@H]2O)N1. The van der Waals surface area contributed by atoms with E-state index in [1.165, 1.54) is 6.42 Å². The monoisotopic (exact) mass is 212 g/mol. The molecule has 4 nitrogen and oxygen atoms in total. The highest BCUT2D eigenvalue weighted by Crippen LogP contribution is 2.18. The van der Waals surface area contributed by atoms with Crippen molar-refractivity contribution >= 4 is 5.91 Å². The molecule has 0 spiro atoms. The summed E-state index contributed by atoms with van der Waals surface area (Å²) in [7, 11) is 0. The van der Waals surface area contributed by atoms with E-state index in [4.69, 9.17) is 0 Å². The number of hydrogen-bond donors (Lipinski definition) is 3. The topological polar surface area (TPSA) is 61.4 Å². The molecule has 3 N–H and O–H groups in total. The van der Waals surface area contributed by atoms with Crippen LogP contribution in [0.4, 0.5) is 0 Å². The van der Waals surface area contributed by atoms with Crippen LogP contribution in [-0.4, -0.2) is 35.7 Å². The van der Waals surface area contributed by atoms with Crippen LogP contribution in [0.3, 0.4) is 0 Å². The van der Waals surface area contributed by atoms with Gasteiger partial charge in [-0.2, -0.15) is 0 Å². The maximum atomic E-state index is 11.0. The van der Waals surface area contributed by atoms with Crippen molar-refractivity contribution in [1.82, 2.24) is 10.6 Å². The van der Waals surface area contributed by atoms with Crippen LogP contribution in [0, 0.1) is 0 Å². The molecule has 4 heteroatoms. The minimum absolute atomic E-state index is 0.158. The highest BCUT2D eigenvalue weighted by Gasteiger charge is 2.25. The average molecular weight is 212 g/mol. The van der Waals surface area contributed by atoms with E-state index in [0.717, 1.165) is 32.2 Å². The molecule has 1 saturated carbocycles. The van der Waals surface area contributed by atoms with Gasteiger partial charge in [-0.1, -0.05) is 12.8 Å². The normalized spacial score (nSPS) is 36.6.